The number of hydrogen-bond acceptors (Lipinski definition) is 4. The highest BCUT2D eigenvalue weighted by Gasteiger charge is 2.15. The minimum Gasteiger partial charge on any atom is -0.460 e. The van der Waals surface area contributed by atoms with Gasteiger partial charge in [0, 0.05) is 5.02 Å². The van der Waals surface area contributed by atoms with Gasteiger partial charge in [0.05, 0.1) is 12.2 Å². The van der Waals surface area contributed by atoms with Crippen molar-refractivity contribution in [2.75, 3.05) is 6.61 Å². The third kappa shape index (κ3) is 3.92. The molecule has 0 amide bonds. The highest BCUT2D eigenvalue weighted by atomic mass is 35.5. The number of ether oxygens (including phenoxy) is 2. The first kappa shape index (κ1) is 13.3. The molecule has 0 aliphatic carbocycles. The van der Waals surface area contributed by atoms with E-state index in [0.29, 0.717) is 5.02 Å². The van der Waals surface area contributed by atoms with Gasteiger partial charge in [-0.2, -0.15) is 0 Å². The minimum absolute atomic E-state index is 0.191. The zero-order valence-electron chi connectivity index (χ0n) is 9.23. The lowest BCUT2D eigenvalue weighted by molar-refractivity contribution is -0.141. The van der Waals surface area contributed by atoms with E-state index < -0.39 is 11.9 Å². The molecule has 0 unspecified atom stereocenters. The van der Waals surface area contributed by atoms with Crippen molar-refractivity contribution in [2.24, 2.45) is 0 Å². The maximum absolute atomic E-state index is 11.5. The molecule has 0 aliphatic heterocycles. The van der Waals surface area contributed by atoms with Crippen LogP contribution in [0.4, 0.5) is 0 Å². The van der Waals surface area contributed by atoms with Gasteiger partial charge in [-0.1, -0.05) is 11.6 Å². The number of hydrogen-bond donors (Lipinski definition) is 0. The molecule has 0 N–H and O–H groups in total. The Bertz CT molecular complexity index is 436. The van der Waals surface area contributed by atoms with Crippen LogP contribution in [0.5, 0.6) is 0 Å². The maximum atomic E-state index is 11.5. The second-order valence-electron chi connectivity index (χ2n) is 3.04. The van der Waals surface area contributed by atoms with Gasteiger partial charge in [0.15, 0.2) is 0 Å². The lowest BCUT2D eigenvalue weighted by Gasteiger charge is -2.06. The number of carbonyl (C=O) groups is 2. The van der Waals surface area contributed by atoms with Gasteiger partial charge < -0.3 is 9.47 Å². The molecule has 5 heteroatoms. The summed E-state index contributed by atoms with van der Waals surface area (Å²) in [7, 11) is 0. The van der Waals surface area contributed by atoms with Gasteiger partial charge in [-0.3, -0.25) is 0 Å². The van der Waals surface area contributed by atoms with Gasteiger partial charge in [0.2, 0.25) is 5.76 Å². The van der Waals surface area contributed by atoms with Crippen molar-refractivity contribution < 1.29 is 19.1 Å². The van der Waals surface area contributed by atoms with Gasteiger partial charge in [-0.15, -0.1) is 0 Å². The Morgan fingerprint density at radius 1 is 1.29 bits per heavy atom. The SMILES string of the molecule is C=C(OC(=O)c1ccc(Cl)cc1)C(=O)OCC. The molecule has 0 fully saturated rings. The van der Waals surface area contributed by atoms with Crippen molar-refractivity contribution >= 4 is 23.5 Å². The lowest BCUT2D eigenvalue weighted by Crippen LogP contribution is -2.13. The average Bonchev–Trinajstić information content (AvgIpc) is 2.30. The molecule has 0 bridgehead atoms. The van der Waals surface area contributed by atoms with E-state index in [-0.39, 0.29) is 17.9 Å². The van der Waals surface area contributed by atoms with Gasteiger partial charge in [0.1, 0.15) is 0 Å². The molecule has 4 nitrogen and oxygen atoms in total. The van der Waals surface area contributed by atoms with Gasteiger partial charge in [0.25, 0.3) is 0 Å². The van der Waals surface area contributed by atoms with Crippen LogP contribution >= 0.6 is 11.6 Å². The Hall–Kier alpha value is -1.81. The van der Waals surface area contributed by atoms with Crippen LogP contribution in [-0.4, -0.2) is 18.5 Å². The smallest absolute Gasteiger partial charge is 0.373 e. The second-order valence-corrected chi connectivity index (χ2v) is 3.48. The predicted octanol–water partition coefficient (Wildman–Crippen LogP) is 2.57. The standard InChI is InChI=1S/C12H11ClO4/c1-3-16-11(14)8(2)17-12(15)9-4-6-10(13)7-5-9/h4-7H,2-3H2,1H3. The van der Waals surface area contributed by atoms with Crippen LogP contribution < -0.4 is 0 Å². The first-order valence-electron chi connectivity index (χ1n) is 4.88. The second kappa shape index (κ2) is 6.06. The van der Waals surface area contributed by atoms with Crippen LogP contribution in [0, 0.1) is 0 Å². The van der Waals surface area contributed by atoms with E-state index in [4.69, 9.17) is 16.3 Å². The fourth-order valence-corrected chi connectivity index (χ4v) is 1.14. The molecule has 0 saturated carbocycles. The quantitative estimate of drug-likeness (QED) is 0.471. The molecule has 0 aliphatic rings. The van der Waals surface area contributed by atoms with Crippen molar-refractivity contribution in [3.05, 3.63) is 47.2 Å². The topological polar surface area (TPSA) is 52.6 Å². The molecule has 90 valence electrons. The van der Waals surface area contributed by atoms with Crippen LogP contribution in [0.2, 0.25) is 5.02 Å². The van der Waals surface area contributed by atoms with Crippen LogP contribution in [0.3, 0.4) is 0 Å². The molecule has 0 saturated heterocycles. The summed E-state index contributed by atoms with van der Waals surface area (Å²) in [6.45, 7) is 5.15. The van der Waals surface area contributed by atoms with E-state index in [1.807, 2.05) is 0 Å². The normalized spacial score (nSPS) is 9.53. The summed E-state index contributed by atoms with van der Waals surface area (Å²) >= 11 is 5.67. The highest BCUT2D eigenvalue weighted by molar-refractivity contribution is 6.30. The predicted molar refractivity (Wildman–Crippen MR) is 62.6 cm³/mol. The molecule has 0 aromatic heterocycles. The summed E-state index contributed by atoms with van der Waals surface area (Å²) in [5, 5.41) is 0.505. The van der Waals surface area contributed by atoms with Gasteiger partial charge in [-0.25, -0.2) is 9.59 Å². The molecule has 1 rings (SSSR count). The van der Waals surface area contributed by atoms with Crippen molar-refractivity contribution in [3.8, 4) is 0 Å². The first-order chi connectivity index (χ1) is 8.04. The fraction of sp³-hybridized carbons (Fsp3) is 0.167. The summed E-state index contributed by atoms with van der Waals surface area (Å²) in [5.74, 6) is -1.78. The Morgan fingerprint density at radius 2 is 1.88 bits per heavy atom. The van der Waals surface area contributed by atoms with Crippen LogP contribution in [0.15, 0.2) is 36.6 Å². The lowest BCUT2D eigenvalue weighted by atomic mass is 10.2. The third-order valence-electron chi connectivity index (χ3n) is 1.80. The molecule has 0 spiro atoms. The largest absolute Gasteiger partial charge is 0.460 e. The number of benzene rings is 1. The van der Waals surface area contributed by atoms with Crippen molar-refractivity contribution in [2.45, 2.75) is 6.92 Å². The molecule has 0 heterocycles. The number of halogens is 1. The van der Waals surface area contributed by atoms with E-state index in [1.165, 1.54) is 12.1 Å². The number of rotatable bonds is 4. The summed E-state index contributed by atoms with van der Waals surface area (Å²) in [6, 6.07) is 6.07. The Kier molecular flexibility index (Phi) is 4.72. The van der Waals surface area contributed by atoms with E-state index in [0.717, 1.165) is 0 Å². The fourth-order valence-electron chi connectivity index (χ4n) is 1.01. The molecule has 17 heavy (non-hydrogen) atoms. The Balaban J connectivity index is 2.63. The van der Waals surface area contributed by atoms with E-state index in [2.05, 4.69) is 11.3 Å². The van der Waals surface area contributed by atoms with Crippen LogP contribution in [-0.2, 0) is 14.3 Å². The van der Waals surface area contributed by atoms with E-state index in [9.17, 15) is 9.59 Å². The number of carbonyl (C=O) groups excluding carboxylic acids is 2. The van der Waals surface area contributed by atoms with Crippen molar-refractivity contribution in [3.63, 3.8) is 0 Å². The summed E-state index contributed by atoms with van der Waals surface area (Å²) in [6.07, 6.45) is 0. The zero-order valence-corrected chi connectivity index (χ0v) is 9.99. The van der Waals surface area contributed by atoms with Crippen LogP contribution in [0.25, 0.3) is 0 Å². The maximum Gasteiger partial charge on any atom is 0.373 e. The highest BCUT2D eigenvalue weighted by Crippen LogP contribution is 2.11. The van der Waals surface area contributed by atoms with E-state index in [1.54, 1.807) is 19.1 Å². The monoisotopic (exact) mass is 254 g/mol. The van der Waals surface area contributed by atoms with Crippen molar-refractivity contribution in [1.82, 2.24) is 0 Å². The molecule has 1 aromatic carbocycles. The van der Waals surface area contributed by atoms with Gasteiger partial charge in [-0.05, 0) is 37.8 Å². The molecule has 0 atom stereocenters. The molecule has 1 aromatic rings. The first-order valence-corrected chi connectivity index (χ1v) is 5.26. The Morgan fingerprint density at radius 3 is 2.41 bits per heavy atom. The summed E-state index contributed by atoms with van der Waals surface area (Å²) < 4.78 is 9.36. The zero-order chi connectivity index (χ0) is 12.8. The van der Waals surface area contributed by atoms with Crippen molar-refractivity contribution in [1.29, 1.82) is 0 Å². The molecular weight excluding hydrogens is 244 g/mol. The molecular formula is C12H11ClO4. The molecule has 0 radical (unpaired) electrons. The van der Waals surface area contributed by atoms with Gasteiger partial charge >= 0.3 is 11.9 Å². The van der Waals surface area contributed by atoms with E-state index >= 15 is 0 Å². The third-order valence-corrected chi connectivity index (χ3v) is 2.05. The Labute approximate surface area is 104 Å². The number of esters is 2. The average molecular weight is 255 g/mol. The summed E-state index contributed by atoms with van der Waals surface area (Å²) in [5.41, 5.74) is 0.278. The minimum atomic E-state index is -0.755. The van der Waals surface area contributed by atoms with Crippen LogP contribution in [0.1, 0.15) is 17.3 Å². The summed E-state index contributed by atoms with van der Waals surface area (Å²) in [4.78, 5) is 22.7.